The molecule has 3 N–H and O–H groups in total. The Morgan fingerprint density at radius 1 is 1.38 bits per heavy atom. The van der Waals surface area contributed by atoms with Crippen LogP contribution in [0.4, 0.5) is 5.82 Å². The van der Waals surface area contributed by atoms with Gasteiger partial charge in [0, 0.05) is 43.8 Å². The summed E-state index contributed by atoms with van der Waals surface area (Å²) in [5, 5.41) is 0.964. The zero-order chi connectivity index (χ0) is 17.4. The maximum atomic E-state index is 13.0. The van der Waals surface area contributed by atoms with Crippen LogP contribution >= 0.6 is 24.2 Å². The van der Waals surface area contributed by atoms with Gasteiger partial charge in [-0.15, -0.1) is 24.2 Å². The molecule has 1 amide bonds. The highest BCUT2D eigenvalue weighted by Crippen LogP contribution is 2.30. The molecule has 2 aromatic heterocycles. The van der Waals surface area contributed by atoms with Crippen LogP contribution < -0.4 is 10.6 Å². The van der Waals surface area contributed by atoms with E-state index in [0.717, 1.165) is 47.0 Å². The fourth-order valence-corrected chi connectivity index (χ4v) is 4.55. The summed E-state index contributed by atoms with van der Waals surface area (Å²) in [5.74, 6) is 2.21. The first-order valence-corrected chi connectivity index (χ1v) is 9.54. The summed E-state index contributed by atoms with van der Waals surface area (Å²) < 4.78 is 0. The Labute approximate surface area is 162 Å². The molecular weight excluding hydrogens is 372 g/mol. The number of anilines is 1. The van der Waals surface area contributed by atoms with Crippen molar-refractivity contribution in [3.8, 4) is 0 Å². The van der Waals surface area contributed by atoms with E-state index < -0.39 is 0 Å². The molecule has 1 fully saturated rings. The lowest BCUT2D eigenvalue weighted by Crippen LogP contribution is -2.49. The van der Waals surface area contributed by atoms with Crippen LogP contribution in [0.25, 0.3) is 11.0 Å². The molecule has 0 saturated carbocycles. The van der Waals surface area contributed by atoms with Crippen LogP contribution in [0.15, 0.2) is 29.7 Å². The van der Waals surface area contributed by atoms with Gasteiger partial charge in [-0.3, -0.25) is 4.79 Å². The first-order valence-electron chi connectivity index (χ1n) is 8.56. The topological polar surface area (TPSA) is 91.1 Å². The summed E-state index contributed by atoms with van der Waals surface area (Å²) in [7, 11) is 0. The van der Waals surface area contributed by atoms with Gasteiger partial charge in [0.25, 0.3) is 5.91 Å². The van der Waals surface area contributed by atoms with Gasteiger partial charge in [-0.05, 0) is 18.4 Å². The predicted molar refractivity (Wildman–Crippen MR) is 107 cm³/mol. The average Bonchev–Trinajstić information content (AvgIpc) is 3.09. The molecule has 0 spiro atoms. The SMILES string of the molecule is C[C@H]1C[C@@H](N)CN(C(=O)C2=CN(c3ncnc4[nH]ccc34)CCS2)C1.Cl. The molecule has 1 saturated heterocycles. The minimum Gasteiger partial charge on any atom is -0.346 e. The molecule has 2 aliphatic rings. The number of amides is 1. The van der Waals surface area contributed by atoms with E-state index >= 15 is 0 Å². The first kappa shape index (κ1) is 19.0. The van der Waals surface area contributed by atoms with Crippen molar-refractivity contribution in [2.75, 3.05) is 30.3 Å². The summed E-state index contributed by atoms with van der Waals surface area (Å²) in [6.07, 6.45) is 6.31. The second-order valence-corrected chi connectivity index (χ2v) is 7.92. The highest BCUT2D eigenvalue weighted by Gasteiger charge is 2.29. The van der Waals surface area contributed by atoms with Crippen molar-refractivity contribution in [2.24, 2.45) is 11.7 Å². The lowest BCUT2D eigenvalue weighted by molar-refractivity contribution is -0.128. The number of fused-ring (bicyclic) bond motifs is 1. The fourth-order valence-electron chi connectivity index (χ4n) is 3.59. The van der Waals surface area contributed by atoms with E-state index in [1.165, 1.54) is 0 Å². The number of piperidine rings is 1. The number of hydrogen-bond acceptors (Lipinski definition) is 6. The van der Waals surface area contributed by atoms with Crippen molar-refractivity contribution < 1.29 is 4.79 Å². The van der Waals surface area contributed by atoms with Crippen molar-refractivity contribution in [3.05, 3.63) is 29.7 Å². The third-order valence-electron chi connectivity index (χ3n) is 4.66. The zero-order valence-electron chi connectivity index (χ0n) is 14.6. The lowest BCUT2D eigenvalue weighted by atomic mass is 9.96. The van der Waals surface area contributed by atoms with Gasteiger partial charge in [0.2, 0.25) is 0 Å². The van der Waals surface area contributed by atoms with Crippen LogP contribution in [0.1, 0.15) is 13.3 Å². The molecule has 7 nitrogen and oxygen atoms in total. The smallest absolute Gasteiger partial charge is 0.261 e. The quantitative estimate of drug-likeness (QED) is 0.809. The van der Waals surface area contributed by atoms with Crippen molar-refractivity contribution >= 4 is 46.9 Å². The summed E-state index contributed by atoms with van der Waals surface area (Å²) in [4.78, 5) is 29.4. The first-order chi connectivity index (χ1) is 12.1. The number of carbonyl (C=O) groups is 1. The number of aromatic amines is 1. The number of H-pyrrole nitrogens is 1. The van der Waals surface area contributed by atoms with Crippen LogP contribution in [-0.2, 0) is 4.79 Å². The van der Waals surface area contributed by atoms with E-state index in [2.05, 4.69) is 26.8 Å². The zero-order valence-corrected chi connectivity index (χ0v) is 16.2. The number of thioether (sulfide) groups is 1. The van der Waals surface area contributed by atoms with E-state index in [9.17, 15) is 4.79 Å². The maximum Gasteiger partial charge on any atom is 0.261 e. The number of nitrogens with zero attached hydrogens (tertiary/aromatic N) is 4. The molecule has 0 bridgehead atoms. The maximum absolute atomic E-state index is 13.0. The molecule has 0 radical (unpaired) electrons. The molecule has 0 aromatic carbocycles. The highest BCUT2D eigenvalue weighted by molar-refractivity contribution is 8.04. The monoisotopic (exact) mass is 394 g/mol. The second-order valence-electron chi connectivity index (χ2n) is 6.78. The van der Waals surface area contributed by atoms with Crippen LogP contribution in [0.2, 0.25) is 0 Å². The van der Waals surface area contributed by atoms with Crippen molar-refractivity contribution in [3.63, 3.8) is 0 Å². The Bertz CT molecular complexity index is 814. The minimum absolute atomic E-state index is 0. The van der Waals surface area contributed by atoms with Crippen molar-refractivity contribution in [2.45, 2.75) is 19.4 Å². The van der Waals surface area contributed by atoms with E-state index in [4.69, 9.17) is 5.73 Å². The van der Waals surface area contributed by atoms with Gasteiger partial charge >= 0.3 is 0 Å². The fraction of sp³-hybridized carbons (Fsp3) is 0.471. The minimum atomic E-state index is 0. The van der Waals surface area contributed by atoms with Gasteiger partial charge in [0.1, 0.15) is 17.8 Å². The molecular formula is C17H23ClN6OS. The number of nitrogens with one attached hydrogen (secondary N) is 1. The number of carbonyl (C=O) groups excluding carboxylic acids is 1. The normalized spacial score (nSPS) is 23.5. The lowest BCUT2D eigenvalue weighted by Gasteiger charge is -2.36. The van der Waals surface area contributed by atoms with Crippen LogP contribution in [0.3, 0.4) is 0 Å². The van der Waals surface area contributed by atoms with E-state index in [-0.39, 0.29) is 24.4 Å². The second kappa shape index (κ2) is 7.85. The Morgan fingerprint density at radius 3 is 3.04 bits per heavy atom. The van der Waals surface area contributed by atoms with E-state index in [0.29, 0.717) is 12.5 Å². The van der Waals surface area contributed by atoms with Gasteiger partial charge in [0.05, 0.1) is 10.3 Å². The summed E-state index contributed by atoms with van der Waals surface area (Å²) in [6, 6.07) is 2.03. The Morgan fingerprint density at radius 2 is 2.23 bits per heavy atom. The third kappa shape index (κ3) is 3.67. The summed E-state index contributed by atoms with van der Waals surface area (Å²) in [5.41, 5.74) is 6.91. The van der Waals surface area contributed by atoms with Crippen LogP contribution in [0, 0.1) is 5.92 Å². The molecule has 26 heavy (non-hydrogen) atoms. The standard InChI is InChI=1S/C17H22N6OS.ClH/c1-11-6-12(18)8-23(7-11)17(24)14-9-22(4-5-25-14)16-13-2-3-19-15(13)20-10-21-16;/h2-3,9-12H,4-8,18H2,1H3,(H,19,20,21);1H/t11-,12+;/m0./s1. The van der Waals surface area contributed by atoms with Crippen LogP contribution in [0.5, 0.6) is 0 Å². The molecule has 4 heterocycles. The van der Waals surface area contributed by atoms with Gasteiger partial charge in [-0.25, -0.2) is 9.97 Å². The number of halogens is 1. The molecule has 0 unspecified atom stereocenters. The number of rotatable bonds is 2. The van der Waals surface area contributed by atoms with E-state index in [1.54, 1.807) is 18.1 Å². The molecule has 2 aliphatic heterocycles. The molecule has 2 atom stereocenters. The highest BCUT2D eigenvalue weighted by atomic mass is 35.5. The molecule has 2 aromatic rings. The molecule has 4 rings (SSSR count). The Balaban J connectivity index is 0.00000196. The van der Waals surface area contributed by atoms with E-state index in [1.807, 2.05) is 23.4 Å². The van der Waals surface area contributed by atoms with Gasteiger partial charge < -0.3 is 20.5 Å². The number of hydrogen-bond donors (Lipinski definition) is 2. The average molecular weight is 395 g/mol. The molecule has 9 heteroatoms. The largest absolute Gasteiger partial charge is 0.346 e. The van der Waals surface area contributed by atoms with Crippen molar-refractivity contribution in [1.29, 1.82) is 0 Å². The number of nitrogens with two attached hydrogens (primary N) is 1. The number of aromatic nitrogens is 3. The Kier molecular flexibility index (Phi) is 5.74. The molecule has 140 valence electrons. The van der Waals surface area contributed by atoms with Gasteiger partial charge in [0.15, 0.2) is 0 Å². The third-order valence-corrected chi connectivity index (χ3v) is 5.64. The van der Waals surface area contributed by atoms with Gasteiger partial charge in [-0.2, -0.15) is 0 Å². The van der Waals surface area contributed by atoms with Crippen molar-refractivity contribution in [1.82, 2.24) is 19.9 Å². The Hall–Kier alpha value is -1.77. The molecule has 0 aliphatic carbocycles. The number of likely N-dealkylation sites (tertiary alicyclic amines) is 1. The summed E-state index contributed by atoms with van der Waals surface area (Å²) in [6.45, 7) is 4.38. The predicted octanol–water partition coefficient (Wildman–Crippen LogP) is 1.97. The van der Waals surface area contributed by atoms with Crippen LogP contribution in [-0.4, -0.2) is 57.2 Å². The van der Waals surface area contributed by atoms with Gasteiger partial charge in [-0.1, -0.05) is 6.92 Å². The summed E-state index contributed by atoms with van der Waals surface area (Å²) >= 11 is 1.61.